The van der Waals surface area contributed by atoms with Crippen molar-refractivity contribution in [3.8, 4) is 0 Å². The Morgan fingerprint density at radius 3 is 2.76 bits per heavy atom. The second-order valence-corrected chi connectivity index (χ2v) is 3.53. The zero-order valence-electron chi connectivity index (χ0n) is 9.94. The zero-order chi connectivity index (χ0) is 11.8. The number of halogens is 1. The lowest BCUT2D eigenvalue weighted by atomic mass is 10.2. The monoisotopic (exact) mass is 258 g/mol. The molecule has 1 aromatic rings. The molecule has 0 saturated heterocycles. The summed E-state index contributed by atoms with van der Waals surface area (Å²) in [7, 11) is 1.63. The van der Waals surface area contributed by atoms with Crippen LogP contribution in [-0.4, -0.2) is 19.6 Å². The molecule has 3 N–H and O–H groups in total. The van der Waals surface area contributed by atoms with Crippen LogP contribution < -0.4 is 11.1 Å². The van der Waals surface area contributed by atoms with Gasteiger partial charge < -0.3 is 15.8 Å². The third kappa shape index (κ3) is 5.68. The minimum absolute atomic E-state index is 0. The number of rotatable bonds is 6. The van der Waals surface area contributed by atoms with Crippen LogP contribution in [-0.2, 0) is 16.1 Å². The first kappa shape index (κ1) is 15.9. The van der Waals surface area contributed by atoms with Gasteiger partial charge in [-0.3, -0.25) is 4.79 Å². The number of para-hydroxylation sites is 1. The fourth-order valence-electron chi connectivity index (χ4n) is 1.40. The predicted molar refractivity (Wildman–Crippen MR) is 71.3 cm³/mol. The predicted octanol–water partition coefficient (Wildman–Crippen LogP) is 1.93. The summed E-state index contributed by atoms with van der Waals surface area (Å²) >= 11 is 0. The molecule has 0 aliphatic carbocycles. The molecular formula is C12H19ClN2O2. The Hall–Kier alpha value is -1.10. The number of amides is 1. The van der Waals surface area contributed by atoms with Crippen LogP contribution in [0, 0.1) is 0 Å². The van der Waals surface area contributed by atoms with Crippen molar-refractivity contribution in [3.63, 3.8) is 0 Å². The summed E-state index contributed by atoms with van der Waals surface area (Å²) in [5.41, 5.74) is 7.14. The van der Waals surface area contributed by atoms with Crippen LogP contribution >= 0.6 is 12.4 Å². The lowest BCUT2D eigenvalue weighted by Gasteiger charge is -2.09. The number of hydrogen-bond donors (Lipinski definition) is 2. The summed E-state index contributed by atoms with van der Waals surface area (Å²) in [5.74, 6) is -0.00555. The average Bonchev–Trinajstić information content (AvgIpc) is 2.29. The van der Waals surface area contributed by atoms with Gasteiger partial charge in [-0.05, 0) is 19.0 Å². The van der Waals surface area contributed by atoms with Crippen molar-refractivity contribution in [3.05, 3.63) is 29.8 Å². The van der Waals surface area contributed by atoms with Crippen LogP contribution in [0.4, 0.5) is 5.69 Å². The minimum atomic E-state index is -0.00555. The van der Waals surface area contributed by atoms with Crippen LogP contribution in [0.15, 0.2) is 24.3 Å². The van der Waals surface area contributed by atoms with Gasteiger partial charge in [-0.25, -0.2) is 0 Å². The van der Waals surface area contributed by atoms with E-state index in [0.29, 0.717) is 26.0 Å². The van der Waals surface area contributed by atoms with Crippen molar-refractivity contribution in [1.29, 1.82) is 0 Å². The molecule has 1 rings (SSSR count). The highest BCUT2D eigenvalue weighted by molar-refractivity contribution is 5.91. The van der Waals surface area contributed by atoms with Crippen molar-refractivity contribution in [1.82, 2.24) is 0 Å². The number of carbonyl (C=O) groups excluding carboxylic acids is 1. The summed E-state index contributed by atoms with van der Waals surface area (Å²) in [6.45, 7) is 1.03. The molecular weight excluding hydrogens is 240 g/mol. The second-order valence-electron chi connectivity index (χ2n) is 3.53. The molecule has 1 amide bonds. The summed E-state index contributed by atoms with van der Waals surface area (Å²) in [4.78, 5) is 11.5. The van der Waals surface area contributed by atoms with E-state index in [2.05, 4.69) is 5.32 Å². The Bertz CT molecular complexity index is 345. The molecule has 0 aliphatic heterocycles. The molecule has 17 heavy (non-hydrogen) atoms. The van der Waals surface area contributed by atoms with Gasteiger partial charge in [0, 0.05) is 24.8 Å². The van der Waals surface area contributed by atoms with Gasteiger partial charge in [0.15, 0.2) is 0 Å². The Morgan fingerprint density at radius 1 is 1.41 bits per heavy atom. The number of anilines is 1. The highest BCUT2D eigenvalue weighted by Crippen LogP contribution is 2.16. The van der Waals surface area contributed by atoms with E-state index in [4.69, 9.17) is 10.5 Å². The molecule has 0 unspecified atom stereocenters. The molecule has 1 aromatic carbocycles. The molecule has 0 radical (unpaired) electrons. The van der Waals surface area contributed by atoms with Gasteiger partial charge in [0.1, 0.15) is 0 Å². The van der Waals surface area contributed by atoms with Crippen LogP contribution in [0.2, 0.25) is 0 Å². The van der Waals surface area contributed by atoms with E-state index in [1.54, 1.807) is 7.11 Å². The number of benzene rings is 1. The molecule has 5 heteroatoms. The van der Waals surface area contributed by atoms with Crippen LogP contribution in [0.3, 0.4) is 0 Å². The second kappa shape index (κ2) is 8.98. The van der Waals surface area contributed by atoms with Crippen LogP contribution in [0.25, 0.3) is 0 Å². The van der Waals surface area contributed by atoms with Gasteiger partial charge in [0.25, 0.3) is 0 Å². The maximum atomic E-state index is 11.5. The van der Waals surface area contributed by atoms with Gasteiger partial charge >= 0.3 is 0 Å². The van der Waals surface area contributed by atoms with Crippen LogP contribution in [0.1, 0.15) is 18.4 Å². The molecule has 0 heterocycles. The van der Waals surface area contributed by atoms with Gasteiger partial charge in [-0.2, -0.15) is 0 Å². The van der Waals surface area contributed by atoms with E-state index in [0.717, 1.165) is 11.3 Å². The van der Waals surface area contributed by atoms with Crippen molar-refractivity contribution in [2.75, 3.05) is 19.0 Å². The van der Waals surface area contributed by atoms with E-state index >= 15 is 0 Å². The lowest BCUT2D eigenvalue weighted by Crippen LogP contribution is -2.14. The number of ether oxygens (including phenoxy) is 1. The third-order valence-electron chi connectivity index (χ3n) is 2.20. The molecule has 0 atom stereocenters. The maximum Gasteiger partial charge on any atom is 0.224 e. The van der Waals surface area contributed by atoms with Gasteiger partial charge in [0.2, 0.25) is 5.91 Å². The number of carbonyl (C=O) groups is 1. The molecule has 0 spiro atoms. The average molecular weight is 259 g/mol. The van der Waals surface area contributed by atoms with E-state index < -0.39 is 0 Å². The van der Waals surface area contributed by atoms with Crippen molar-refractivity contribution in [2.45, 2.75) is 19.4 Å². The van der Waals surface area contributed by atoms with Crippen molar-refractivity contribution in [2.24, 2.45) is 5.73 Å². The van der Waals surface area contributed by atoms with Gasteiger partial charge in [-0.1, -0.05) is 18.2 Å². The first-order chi connectivity index (χ1) is 7.77. The summed E-state index contributed by atoms with van der Waals surface area (Å²) < 4.78 is 5.06. The normalized spacial score (nSPS) is 9.53. The van der Waals surface area contributed by atoms with E-state index in [-0.39, 0.29) is 18.3 Å². The molecule has 0 aromatic heterocycles. The quantitative estimate of drug-likeness (QED) is 0.820. The smallest absolute Gasteiger partial charge is 0.224 e. The number of methoxy groups -OCH3 is 1. The van der Waals surface area contributed by atoms with Crippen LogP contribution in [0.5, 0.6) is 0 Å². The molecule has 96 valence electrons. The fraction of sp³-hybridized carbons (Fsp3) is 0.417. The first-order valence-electron chi connectivity index (χ1n) is 5.34. The molecule has 0 bridgehead atoms. The summed E-state index contributed by atoms with van der Waals surface area (Å²) in [5, 5.41) is 2.86. The largest absolute Gasteiger partial charge is 0.380 e. The van der Waals surface area contributed by atoms with Gasteiger partial charge in [-0.15, -0.1) is 12.4 Å². The van der Waals surface area contributed by atoms with Gasteiger partial charge in [0.05, 0.1) is 6.61 Å². The van der Waals surface area contributed by atoms with E-state index in [1.165, 1.54) is 0 Å². The number of nitrogens with one attached hydrogen (secondary N) is 1. The first-order valence-corrected chi connectivity index (χ1v) is 5.34. The summed E-state index contributed by atoms with van der Waals surface area (Å²) in [6.07, 6.45) is 1.16. The number of hydrogen-bond acceptors (Lipinski definition) is 3. The third-order valence-corrected chi connectivity index (χ3v) is 2.20. The van der Waals surface area contributed by atoms with Crippen molar-refractivity contribution < 1.29 is 9.53 Å². The highest BCUT2D eigenvalue weighted by atomic mass is 35.5. The van der Waals surface area contributed by atoms with E-state index in [1.807, 2.05) is 24.3 Å². The molecule has 0 fully saturated rings. The number of nitrogens with two attached hydrogens (primary N) is 1. The maximum absolute atomic E-state index is 11.5. The Labute approximate surface area is 108 Å². The van der Waals surface area contributed by atoms with E-state index in [9.17, 15) is 4.79 Å². The fourth-order valence-corrected chi connectivity index (χ4v) is 1.40. The Kier molecular flexibility index (Phi) is 8.40. The summed E-state index contributed by atoms with van der Waals surface area (Å²) in [6, 6.07) is 7.61. The minimum Gasteiger partial charge on any atom is -0.380 e. The Balaban J connectivity index is 0.00000256. The standard InChI is InChI=1S/C12H18N2O2.ClH/c1-16-9-10-5-2-3-6-11(10)14-12(15)7-4-8-13;/h2-3,5-6H,4,7-9,13H2,1H3,(H,14,15);1H. The zero-order valence-corrected chi connectivity index (χ0v) is 10.8. The Morgan fingerprint density at radius 2 is 2.12 bits per heavy atom. The molecule has 4 nitrogen and oxygen atoms in total. The SMILES string of the molecule is COCc1ccccc1NC(=O)CCCN.Cl. The molecule has 0 aliphatic rings. The lowest BCUT2D eigenvalue weighted by molar-refractivity contribution is -0.116. The highest BCUT2D eigenvalue weighted by Gasteiger charge is 2.05. The van der Waals surface area contributed by atoms with Crippen molar-refractivity contribution >= 4 is 24.0 Å². The topological polar surface area (TPSA) is 64.3 Å². The molecule has 0 saturated carbocycles.